The molecule has 3 amide bonds. The minimum atomic E-state index is -0.616. The SMILES string of the molecule is COc1ccc(NC(=O)[C@@H](C(C)C)N(C)c2nc(-c3cccc(COc4ccc(NC(=O)[C@H](C(C)C)N(C)c5nc(-c6cccc(Cn7cc(NC(=O)[C@@H](C(C)C)N(C)c8nc(-c9ccccn9)nc9c8CCC9)cn7)n6)nc6c5CCC6)cn4)n3)nc3c2CCC3)cn1. The quantitative estimate of drug-likeness (QED) is 0.0507. The van der Waals surface area contributed by atoms with Gasteiger partial charge in [0, 0.05) is 79.4 Å². The molecule has 9 heterocycles. The third kappa shape index (κ3) is 13.9. The van der Waals surface area contributed by atoms with Crippen LogP contribution in [0.1, 0.15) is 106 Å². The molecule has 0 fully saturated rings. The average Bonchev–Trinajstić information content (AvgIpc) is 1.47. The number of nitrogens with zero attached hydrogens (tertiary/aromatic N) is 16. The molecular weight excluding hydrogens is 1190 g/mol. The molecular formula is C70H79N19O5. The number of anilines is 6. The Hall–Kier alpha value is -10.4. The predicted octanol–water partition coefficient (Wildman–Crippen LogP) is 9.63. The summed E-state index contributed by atoms with van der Waals surface area (Å²) in [4.78, 5) is 102. The molecule has 9 aromatic rings. The zero-order chi connectivity index (χ0) is 65.7. The van der Waals surface area contributed by atoms with Gasteiger partial charge in [-0.15, -0.1) is 0 Å². The van der Waals surface area contributed by atoms with Gasteiger partial charge in [0.1, 0.15) is 59.3 Å². The Labute approximate surface area is 546 Å². The highest BCUT2D eigenvalue weighted by Gasteiger charge is 2.36. The van der Waals surface area contributed by atoms with Gasteiger partial charge in [-0.25, -0.2) is 49.8 Å². The topological polar surface area (TPSA) is 275 Å². The number of aryl methyl sites for hydroxylation is 3. The van der Waals surface area contributed by atoms with Gasteiger partial charge in [-0.05, 0) is 124 Å². The van der Waals surface area contributed by atoms with E-state index in [9.17, 15) is 14.4 Å². The molecule has 3 N–H and O–H groups in total. The van der Waals surface area contributed by atoms with Crippen LogP contribution in [-0.2, 0) is 66.1 Å². The molecule has 0 unspecified atom stereocenters. The Kier molecular flexibility index (Phi) is 18.9. The number of rotatable bonds is 24. The Balaban J connectivity index is 0.684. The smallest absolute Gasteiger partial charge is 0.247 e. The van der Waals surface area contributed by atoms with Crippen LogP contribution >= 0.6 is 0 Å². The van der Waals surface area contributed by atoms with Gasteiger partial charge in [0.15, 0.2) is 17.5 Å². The van der Waals surface area contributed by atoms with Gasteiger partial charge in [0.25, 0.3) is 0 Å². The molecule has 0 aromatic carbocycles. The molecule has 484 valence electrons. The number of likely N-dealkylation sites (N-methyl/N-ethyl adjacent to an activating group) is 3. The first-order chi connectivity index (χ1) is 45.5. The lowest BCUT2D eigenvalue weighted by molar-refractivity contribution is -0.119. The number of ether oxygens (including phenoxy) is 2. The number of amides is 3. The van der Waals surface area contributed by atoms with Gasteiger partial charge < -0.3 is 40.1 Å². The van der Waals surface area contributed by atoms with Crippen LogP contribution in [0.5, 0.6) is 11.8 Å². The van der Waals surface area contributed by atoms with Crippen LogP contribution in [-0.4, -0.2) is 129 Å². The fraction of sp³-hybridized carbons (Fsp3) is 0.386. The number of fused-ring (bicyclic) bond motifs is 3. The number of aromatic nitrogens is 13. The van der Waals surface area contributed by atoms with Crippen molar-refractivity contribution in [2.24, 2.45) is 17.8 Å². The van der Waals surface area contributed by atoms with Crippen LogP contribution < -0.4 is 40.1 Å². The van der Waals surface area contributed by atoms with Crippen LogP contribution in [0.2, 0.25) is 0 Å². The van der Waals surface area contributed by atoms with Crippen LogP contribution in [0.3, 0.4) is 0 Å². The van der Waals surface area contributed by atoms with Crippen molar-refractivity contribution in [3.05, 3.63) is 155 Å². The first-order valence-corrected chi connectivity index (χ1v) is 32.2. The van der Waals surface area contributed by atoms with Crippen molar-refractivity contribution in [2.45, 2.75) is 131 Å². The van der Waals surface area contributed by atoms with Gasteiger partial charge in [-0.3, -0.25) is 24.0 Å². The van der Waals surface area contributed by atoms with Crippen LogP contribution in [0, 0.1) is 17.8 Å². The molecule has 0 spiro atoms. The minimum absolute atomic E-state index is 0.0535. The fourth-order valence-corrected chi connectivity index (χ4v) is 13.1. The fourth-order valence-electron chi connectivity index (χ4n) is 13.1. The summed E-state index contributed by atoms with van der Waals surface area (Å²) >= 11 is 0. The number of hydrogen-bond acceptors (Lipinski definition) is 20. The molecule has 3 atom stereocenters. The van der Waals surface area contributed by atoms with E-state index in [1.807, 2.05) is 132 Å². The molecule has 3 aliphatic carbocycles. The summed E-state index contributed by atoms with van der Waals surface area (Å²) in [6.07, 6.45) is 16.1. The Morgan fingerprint density at radius 2 is 0.926 bits per heavy atom. The van der Waals surface area contributed by atoms with E-state index >= 15 is 0 Å². The maximum absolute atomic E-state index is 14.4. The van der Waals surface area contributed by atoms with Crippen molar-refractivity contribution >= 4 is 52.2 Å². The number of methoxy groups -OCH3 is 1. The van der Waals surface area contributed by atoms with E-state index in [-0.39, 0.29) is 42.1 Å². The molecule has 0 aliphatic heterocycles. The van der Waals surface area contributed by atoms with E-state index in [1.54, 1.807) is 67.0 Å². The van der Waals surface area contributed by atoms with Crippen LogP contribution in [0.25, 0.3) is 34.6 Å². The third-order valence-corrected chi connectivity index (χ3v) is 17.5. The monoisotopic (exact) mass is 1270 g/mol. The van der Waals surface area contributed by atoms with E-state index in [0.29, 0.717) is 87.3 Å². The zero-order valence-electron chi connectivity index (χ0n) is 54.8. The normalized spacial score (nSPS) is 14.1. The van der Waals surface area contributed by atoms with E-state index in [0.717, 1.165) is 103 Å². The van der Waals surface area contributed by atoms with Crippen LogP contribution in [0.4, 0.5) is 34.5 Å². The van der Waals surface area contributed by atoms with Crippen molar-refractivity contribution in [3.8, 4) is 46.3 Å². The number of hydrogen-bond donors (Lipinski definition) is 3. The highest BCUT2D eigenvalue weighted by Crippen LogP contribution is 2.37. The summed E-state index contributed by atoms with van der Waals surface area (Å²) in [7, 11) is 7.30. The molecule has 9 aromatic heterocycles. The first kappa shape index (κ1) is 63.7. The molecule has 0 bridgehead atoms. The second-order valence-corrected chi connectivity index (χ2v) is 25.2. The predicted molar refractivity (Wildman–Crippen MR) is 360 cm³/mol. The largest absolute Gasteiger partial charge is 0.481 e. The van der Waals surface area contributed by atoms with Crippen LogP contribution in [0.15, 0.2) is 110 Å². The molecule has 24 heteroatoms. The molecule has 12 rings (SSSR count). The van der Waals surface area contributed by atoms with Gasteiger partial charge >= 0.3 is 0 Å². The van der Waals surface area contributed by atoms with Crippen molar-refractivity contribution in [2.75, 3.05) is 58.9 Å². The molecule has 0 radical (unpaired) electrons. The summed E-state index contributed by atoms with van der Waals surface area (Å²) in [6.45, 7) is 12.6. The number of carbonyl (C=O) groups is 3. The summed E-state index contributed by atoms with van der Waals surface area (Å²) in [5, 5.41) is 13.9. The molecule has 0 saturated heterocycles. The lowest BCUT2D eigenvalue weighted by Gasteiger charge is -2.32. The maximum Gasteiger partial charge on any atom is 0.247 e. The van der Waals surface area contributed by atoms with Gasteiger partial charge in [0.05, 0.1) is 60.7 Å². The van der Waals surface area contributed by atoms with Gasteiger partial charge in [-0.1, -0.05) is 59.7 Å². The van der Waals surface area contributed by atoms with Gasteiger partial charge in [0.2, 0.25) is 29.5 Å². The number of nitrogens with one attached hydrogen (secondary N) is 3. The van der Waals surface area contributed by atoms with E-state index in [2.05, 4.69) is 36.0 Å². The van der Waals surface area contributed by atoms with Gasteiger partial charge in [-0.2, -0.15) is 5.10 Å². The number of carbonyl (C=O) groups excluding carboxylic acids is 3. The summed E-state index contributed by atoms with van der Waals surface area (Å²) in [5.74, 6) is 3.63. The van der Waals surface area contributed by atoms with E-state index < -0.39 is 18.1 Å². The maximum atomic E-state index is 14.4. The van der Waals surface area contributed by atoms with Crippen molar-refractivity contribution in [1.82, 2.24) is 64.6 Å². The second-order valence-electron chi connectivity index (χ2n) is 25.2. The highest BCUT2D eigenvalue weighted by molar-refractivity contribution is 5.98. The lowest BCUT2D eigenvalue weighted by Crippen LogP contribution is -2.46. The Morgan fingerprint density at radius 1 is 0.479 bits per heavy atom. The summed E-state index contributed by atoms with van der Waals surface area (Å²) in [5.41, 5.74) is 10.9. The second kappa shape index (κ2) is 27.8. The Morgan fingerprint density at radius 3 is 1.37 bits per heavy atom. The first-order valence-electron chi connectivity index (χ1n) is 32.2. The molecule has 94 heavy (non-hydrogen) atoms. The zero-order valence-corrected chi connectivity index (χ0v) is 54.8. The van der Waals surface area contributed by atoms with Crippen molar-refractivity contribution in [1.29, 1.82) is 0 Å². The average molecular weight is 1270 g/mol. The summed E-state index contributed by atoms with van der Waals surface area (Å²) in [6, 6.07) is 22.3. The minimum Gasteiger partial charge on any atom is -0.481 e. The third-order valence-electron chi connectivity index (χ3n) is 17.5. The molecule has 24 nitrogen and oxygen atoms in total. The van der Waals surface area contributed by atoms with Crippen molar-refractivity contribution in [3.63, 3.8) is 0 Å². The van der Waals surface area contributed by atoms with Crippen molar-refractivity contribution < 1.29 is 23.9 Å². The van der Waals surface area contributed by atoms with E-state index in [4.69, 9.17) is 49.3 Å². The molecule has 0 saturated carbocycles. The molecule has 3 aliphatic rings. The highest BCUT2D eigenvalue weighted by atomic mass is 16.5. The lowest BCUT2D eigenvalue weighted by atomic mass is 10.0. The van der Waals surface area contributed by atoms with E-state index in [1.165, 1.54) is 0 Å². The standard InChI is InChI=1S/C70H79N19O5/c1-40(2)59(68(90)77-43-29-31-57(93-10)72-34-43)87(8)67-50-22-17-26-53(50)82-64(85-67)56-28-14-19-46(76-56)39-94-58-32-30-44(35-73-58)78-69(91)60(41(3)4)86(7)66-49-21-16-25-52(49)81-63(84-66)55-27-13-18-45(75-55)37-89-38-47(36-74-89)79-70(92)61(42(5)6)88(9)65-48-20-15-24-51(48)80-62(83-65)54-23-11-12-33-71-54/h11-14,18-19,23,27-36,38,40-42,59-61H,15-17,20-22,24-26,37,39H2,1-10H3,(H,77,90)(H,78,91)(H,79,92)/t59-,60+,61-/m1/s1. The Bertz CT molecular complexity index is 4220. The number of pyridine rings is 5. The summed E-state index contributed by atoms with van der Waals surface area (Å²) < 4.78 is 13.1.